The van der Waals surface area contributed by atoms with Crippen LogP contribution < -0.4 is 4.90 Å². The molecule has 0 saturated carbocycles. The predicted molar refractivity (Wildman–Crippen MR) is 61.2 cm³/mol. The fraction of sp³-hybridized carbons (Fsp3) is 0.545. The minimum absolute atomic E-state index is 0.00138. The van der Waals surface area contributed by atoms with Crippen LogP contribution >= 0.6 is 0 Å². The molecule has 1 N–H and O–H groups in total. The van der Waals surface area contributed by atoms with Crippen molar-refractivity contribution in [1.82, 2.24) is 9.97 Å². The number of anilines is 1. The summed E-state index contributed by atoms with van der Waals surface area (Å²) in [6.07, 6.45) is 4.67. The summed E-state index contributed by atoms with van der Waals surface area (Å²) in [5.74, 6) is -0.626. The Balaban J connectivity index is 2.23. The van der Waals surface area contributed by atoms with Crippen molar-refractivity contribution in [3.05, 3.63) is 18.1 Å². The average Bonchev–Trinajstić information content (AvgIpc) is 2.39. The number of hydrogen-bond donors (Lipinski definition) is 1. The van der Waals surface area contributed by atoms with E-state index in [1.165, 1.54) is 12.4 Å². The predicted octanol–water partition coefficient (Wildman–Crippen LogP) is 0.790. The number of rotatable bonds is 3. The molecule has 0 spiro atoms. The van der Waals surface area contributed by atoms with E-state index in [0.717, 1.165) is 12.8 Å². The van der Waals surface area contributed by atoms with E-state index in [4.69, 9.17) is 9.84 Å². The third-order valence-corrected chi connectivity index (χ3v) is 2.95. The maximum Gasteiger partial charge on any atom is 0.358 e. The third kappa shape index (κ3) is 2.52. The first-order valence-electron chi connectivity index (χ1n) is 5.55. The summed E-state index contributed by atoms with van der Waals surface area (Å²) in [7, 11) is 1.85. The molecule has 17 heavy (non-hydrogen) atoms. The van der Waals surface area contributed by atoms with E-state index in [0.29, 0.717) is 19.0 Å². The van der Waals surface area contributed by atoms with E-state index < -0.39 is 5.97 Å². The summed E-state index contributed by atoms with van der Waals surface area (Å²) >= 11 is 0. The van der Waals surface area contributed by atoms with Gasteiger partial charge in [0.15, 0.2) is 11.5 Å². The van der Waals surface area contributed by atoms with Crippen molar-refractivity contribution >= 4 is 11.8 Å². The molecule has 6 heteroatoms. The topological polar surface area (TPSA) is 75.6 Å². The fourth-order valence-corrected chi connectivity index (χ4v) is 1.99. The van der Waals surface area contributed by atoms with Crippen LogP contribution in [0.1, 0.15) is 23.3 Å². The molecule has 2 rings (SSSR count). The van der Waals surface area contributed by atoms with Gasteiger partial charge in [0.05, 0.1) is 0 Å². The molecule has 1 saturated heterocycles. The number of carbonyl (C=O) groups is 1. The summed E-state index contributed by atoms with van der Waals surface area (Å²) < 4.78 is 5.28. The van der Waals surface area contributed by atoms with Gasteiger partial charge in [0.1, 0.15) is 0 Å². The van der Waals surface area contributed by atoms with Gasteiger partial charge in [-0.15, -0.1) is 0 Å². The monoisotopic (exact) mass is 237 g/mol. The van der Waals surface area contributed by atoms with Crippen molar-refractivity contribution in [2.75, 3.05) is 25.2 Å². The van der Waals surface area contributed by atoms with Crippen LogP contribution in [-0.4, -0.2) is 47.3 Å². The first kappa shape index (κ1) is 11.8. The molecule has 92 valence electrons. The Morgan fingerprint density at radius 2 is 2.06 bits per heavy atom. The van der Waals surface area contributed by atoms with Crippen LogP contribution in [0.2, 0.25) is 0 Å². The highest BCUT2D eigenvalue weighted by Crippen LogP contribution is 2.21. The van der Waals surface area contributed by atoms with E-state index in [9.17, 15) is 4.79 Å². The Bertz CT molecular complexity index is 405. The van der Waals surface area contributed by atoms with Gasteiger partial charge >= 0.3 is 5.97 Å². The highest BCUT2D eigenvalue weighted by molar-refractivity contribution is 5.90. The van der Waals surface area contributed by atoms with Gasteiger partial charge in [0.25, 0.3) is 0 Å². The number of aromatic carboxylic acids is 1. The lowest BCUT2D eigenvalue weighted by atomic mass is 10.1. The Morgan fingerprint density at radius 3 is 2.71 bits per heavy atom. The molecule has 0 aliphatic carbocycles. The second-order valence-corrected chi connectivity index (χ2v) is 3.99. The molecule has 0 radical (unpaired) electrons. The molecule has 1 fully saturated rings. The number of carboxylic acid groups (broad SMARTS) is 1. The zero-order valence-electron chi connectivity index (χ0n) is 9.67. The molecule has 1 aromatic rings. The first-order chi connectivity index (χ1) is 8.20. The number of ether oxygens (including phenoxy) is 1. The van der Waals surface area contributed by atoms with Crippen molar-refractivity contribution in [2.24, 2.45) is 0 Å². The normalized spacial score (nSPS) is 16.8. The third-order valence-electron chi connectivity index (χ3n) is 2.95. The Labute approximate surface area is 99.2 Å². The van der Waals surface area contributed by atoms with Crippen molar-refractivity contribution < 1.29 is 14.6 Å². The van der Waals surface area contributed by atoms with E-state index in [2.05, 4.69) is 9.97 Å². The Hall–Kier alpha value is -1.69. The molecule has 0 atom stereocenters. The number of hydrogen-bond acceptors (Lipinski definition) is 5. The van der Waals surface area contributed by atoms with Crippen LogP contribution in [0.5, 0.6) is 0 Å². The van der Waals surface area contributed by atoms with E-state index >= 15 is 0 Å². The molecule has 1 aromatic heterocycles. The largest absolute Gasteiger partial charge is 0.476 e. The maximum absolute atomic E-state index is 11.1. The number of nitrogens with zero attached hydrogens (tertiary/aromatic N) is 3. The molecule has 0 bridgehead atoms. The summed E-state index contributed by atoms with van der Waals surface area (Å²) in [6, 6.07) is 0.263. The average molecular weight is 237 g/mol. The van der Waals surface area contributed by atoms with Crippen LogP contribution in [0.4, 0.5) is 5.82 Å². The quantitative estimate of drug-likeness (QED) is 0.837. The summed E-state index contributed by atoms with van der Waals surface area (Å²) in [6.45, 7) is 1.41. The van der Waals surface area contributed by atoms with Crippen molar-refractivity contribution in [1.29, 1.82) is 0 Å². The van der Waals surface area contributed by atoms with Crippen molar-refractivity contribution in [2.45, 2.75) is 18.9 Å². The van der Waals surface area contributed by atoms with Gasteiger partial charge in [-0.3, -0.25) is 0 Å². The standard InChI is InChI=1S/C11H15N3O3/c1-14(8-2-6-17-7-3-8)10-9(11(15)16)12-4-5-13-10/h4-5,8H,2-3,6-7H2,1H3,(H,15,16). The van der Waals surface area contributed by atoms with Gasteiger partial charge in [0, 0.05) is 38.7 Å². The van der Waals surface area contributed by atoms with Crippen LogP contribution in [0, 0.1) is 0 Å². The zero-order valence-corrected chi connectivity index (χ0v) is 9.67. The van der Waals surface area contributed by atoms with Crippen LogP contribution in [-0.2, 0) is 4.74 Å². The minimum Gasteiger partial charge on any atom is -0.476 e. The smallest absolute Gasteiger partial charge is 0.358 e. The first-order valence-corrected chi connectivity index (χ1v) is 5.55. The second kappa shape index (κ2) is 5.09. The van der Waals surface area contributed by atoms with Gasteiger partial charge in [-0.05, 0) is 12.8 Å². The summed E-state index contributed by atoms with van der Waals surface area (Å²) in [5, 5.41) is 9.06. The van der Waals surface area contributed by atoms with Gasteiger partial charge < -0.3 is 14.7 Å². The van der Waals surface area contributed by atoms with Gasteiger partial charge in [-0.2, -0.15) is 0 Å². The Morgan fingerprint density at radius 1 is 1.41 bits per heavy atom. The van der Waals surface area contributed by atoms with Gasteiger partial charge in [-0.25, -0.2) is 14.8 Å². The molecule has 6 nitrogen and oxygen atoms in total. The van der Waals surface area contributed by atoms with Crippen molar-refractivity contribution in [3.63, 3.8) is 0 Å². The van der Waals surface area contributed by atoms with E-state index in [1.54, 1.807) is 0 Å². The van der Waals surface area contributed by atoms with Crippen LogP contribution in [0.15, 0.2) is 12.4 Å². The zero-order chi connectivity index (χ0) is 12.3. The molecular weight excluding hydrogens is 222 g/mol. The number of aromatic nitrogens is 2. The van der Waals surface area contributed by atoms with Crippen molar-refractivity contribution in [3.8, 4) is 0 Å². The molecule has 2 heterocycles. The van der Waals surface area contributed by atoms with Gasteiger partial charge in [-0.1, -0.05) is 0 Å². The SMILES string of the molecule is CN(c1nccnc1C(=O)O)C1CCOCC1. The summed E-state index contributed by atoms with van der Waals surface area (Å²) in [5.41, 5.74) is 0.00138. The lowest BCUT2D eigenvalue weighted by Gasteiger charge is -2.32. The lowest BCUT2D eigenvalue weighted by molar-refractivity contribution is 0.0689. The minimum atomic E-state index is -1.05. The highest BCUT2D eigenvalue weighted by atomic mass is 16.5. The van der Waals surface area contributed by atoms with Gasteiger partial charge in [0.2, 0.25) is 0 Å². The molecule has 0 amide bonds. The molecule has 0 aromatic carbocycles. The summed E-state index contributed by atoms with van der Waals surface area (Å²) in [4.78, 5) is 20.9. The molecule has 1 aliphatic rings. The lowest BCUT2D eigenvalue weighted by Crippen LogP contribution is -2.38. The molecular formula is C11H15N3O3. The maximum atomic E-state index is 11.1. The van der Waals surface area contributed by atoms with Crippen LogP contribution in [0.25, 0.3) is 0 Å². The fourth-order valence-electron chi connectivity index (χ4n) is 1.99. The second-order valence-electron chi connectivity index (χ2n) is 3.99. The van der Waals surface area contributed by atoms with E-state index in [-0.39, 0.29) is 11.7 Å². The van der Waals surface area contributed by atoms with Crippen LogP contribution in [0.3, 0.4) is 0 Å². The number of carboxylic acids is 1. The Kier molecular flexibility index (Phi) is 3.53. The highest BCUT2D eigenvalue weighted by Gasteiger charge is 2.24. The molecule has 0 unspecified atom stereocenters. The van der Waals surface area contributed by atoms with E-state index in [1.807, 2.05) is 11.9 Å². The molecule has 1 aliphatic heterocycles.